The molecular weight excluding hydrogens is 192 g/mol. The lowest BCUT2D eigenvalue weighted by Gasteiger charge is -2.08. The Balaban J connectivity index is 3.07. The van der Waals surface area contributed by atoms with Crippen molar-refractivity contribution in [2.24, 2.45) is 0 Å². The molecule has 0 nitrogen and oxygen atoms in total. The Bertz CT molecular complexity index is 89.4. The van der Waals surface area contributed by atoms with E-state index in [1.807, 2.05) is 0 Å². The average Bonchev–Trinajstić information content (AvgIpc) is 2.19. The van der Waals surface area contributed by atoms with E-state index in [4.69, 9.17) is 11.6 Å². The molecule has 0 rings (SSSR count). The van der Waals surface area contributed by atoms with Gasteiger partial charge in [0.25, 0.3) is 0 Å². The first-order valence-electron chi connectivity index (χ1n) is 6.45. The molecule has 0 aliphatic heterocycles. The highest BCUT2D eigenvalue weighted by Crippen LogP contribution is 2.16. The number of hydrogen-bond donors (Lipinski definition) is 0. The van der Waals surface area contributed by atoms with Crippen molar-refractivity contribution in [1.29, 1.82) is 0 Å². The van der Waals surface area contributed by atoms with E-state index in [1.54, 1.807) is 0 Å². The highest BCUT2D eigenvalue weighted by Gasteiger charge is 2.03. The molecule has 14 heavy (non-hydrogen) atoms. The number of halogens is 1. The molecule has 0 bridgehead atoms. The molecule has 0 aromatic rings. The predicted molar refractivity (Wildman–Crippen MR) is 67.2 cm³/mol. The van der Waals surface area contributed by atoms with Gasteiger partial charge in [-0.1, -0.05) is 65.2 Å². The molecule has 1 heteroatoms. The summed E-state index contributed by atoms with van der Waals surface area (Å²) in [6.07, 6.45) is 13.3. The smallest absolute Gasteiger partial charge is 0.0336 e. The summed E-state index contributed by atoms with van der Waals surface area (Å²) in [5.74, 6) is 0. The van der Waals surface area contributed by atoms with Crippen molar-refractivity contribution in [2.75, 3.05) is 0 Å². The van der Waals surface area contributed by atoms with Crippen LogP contribution in [0.1, 0.15) is 78.1 Å². The van der Waals surface area contributed by atoms with E-state index < -0.39 is 0 Å². The van der Waals surface area contributed by atoms with Gasteiger partial charge in [-0.25, -0.2) is 0 Å². The van der Waals surface area contributed by atoms with E-state index in [9.17, 15) is 0 Å². The molecule has 0 aromatic heterocycles. The molecule has 0 atom stereocenters. The monoisotopic (exact) mass is 218 g/mol. The minimum absolute atomic E-state index is 0.448. The van der Waals surface area contributed by atoms with Crippen LogP contribution in [-0.2, 0) is 0 Å². The van der Waals surface area contributed by atoms with Gasteiger partial charge in [-0.3, -0.25) is 0 Å². The second kappa shape index (κ2) is 11.4. The van der Waals surface area contributed by atoms with Gasteiger partial charge in [0.2, 0.25) is 0 Å². The quantitative estimate of drug-likeness (QED) is 0.334. The van der Waals surface area contributed by atoms with E-state index in [0.29, 0.717) is 5.38 Å². The van der Waals surface area contributed by atoms with Crippen molar-refractivity contribution < 1.29 is 0 Å². The fourth-order valence-corrected chi connectivity index (χ4v) is 2.04. The number of rotatable bonds is 10. The Labute approximate surface area is 95.4 Å². The molecule has 0 N–H and O–H groups in total. The first-order valence-corrected chi connectivity index (χ1v) is 6.89. The lowest BCUT2D eigenvalue weighted by atomic mass is 10.1. The summed E-state index contributed by atoms with van der Waals surface area (Å²) >= 11 is 6.24. The minimum atomic E-state index is 0.448. The molecule has 0 saturated carbocycles. The van der Waals surface area contributed by atoms with Crippen LogP contribution in [0.2, 0.25) is 0 Å². The number of unbranched alkanes of at least 4 members (excludes halogenated alkanes) is 6. The molecule has 0 heterocycles. The third-order valence-corrected chi connectivity index (χ3v) is 3.18. The maximum atomic E-state index is 6.24. The molecule has 0 saturated heterocycles. The standard InChI is InChI=1S/C13H27Cl/c1-3-5-7-9-11-13(14)12-10-8-6-4-2/h13H,3-12H2,1-2H3. The van der Waals surface area contributed by atoms with E-state index in [1.165, 1.54) is 64.2 Å². The Morgan fingerprint density at radius 2 is 1.14 bits per heavy atom. The van der Waals surface area contributed by atoms with Crippen molar-refractivity contribution in [3.8, 4) is 0 Å². The lowest BCUT2D eigenvalue weighted by molar-refractivity contribution is 0.560. The van der Waals surface area contributed by atoms with E-state index >= 15 is 0 Å². The van der Waals surface area contributed by atoms with Crippen molar-refractivity contribution in [3.05, 3.63) is 0 Å². The van der Waals surface area contributed by atoms with E-state index in [-0.39, 0.29) is 0 Å². The Morgan fingerprint density at radius 3 is 1.50 bits per heavy atom. The first-order chi connectivity index (χ1) is 6.81. The van der Waals surface area contributed by atoms with Gasteiger partial charge in [0, 0.05) is 5.38 Å². The summed E-state index contributed by atoms with van der Waals surface area (Å²) in [6.45, 7) is 4.51. The maximum Gasteiger partial charge on any atom is 0.0336 e. The fourth-order valence-electron chi connectivity index (χ4n) is 1.73. The molecule has 0 radical (unpaired) electrons. The molecule has 0 aromatic carbocycles. The van der Waals surface area contributed by atoms with Gasteiger partial charge in [0.05, 0.1) is 0 Å². The van der Waals surface area contributed by atoms with Crippen LogP contribution in [0.4, 0.5) is 0 Å². The number of alkyl halides is 1. The van der Waals surface area contributed by atoms with Crippen molar-refractivity contribution in [3.63, 3.8) is 0 Å². The topological polar surface area (TPSA) is 0 Å². The van der Waals surface area contributed by atoms with Crippen LogP contribution in [0, 0.1) is 0 Å². The van der Waals surface area contributed by atoms with Crippen LogP contribution in [0.15, 0.2) is 0 Å². The van der Waals surface area contributed by atoms with Crippen molar-refractivity contribution in [2.45, 2.75) is 83.4 Å². The van der Waals surface area contributed by atoms with Gasteiger partial charge in [-0.2, -0.15) is 0 Å². The fraction of sp³-hybridized carbons (Fsp3) is 1.00. The van der Waals surface area contributed by atoms with E-state index in [0.717, 1.165) is 0 Å². The van der Waals surface area contributed by atoms with Crippen LogP contribution in [0.3, 0.4) is 0 Å². The van der Waals surface area contributed by atoms with Gasteiger partial charge in [-0.05, 0) is 12.8 Å². The van der Waals surface area contributed by atoms with Crippen molar-refractivity contribution in [1.82, 2.24) is 0 Å². The Hall–Kier alpha value is 0.290. The van der Waals surface area contributed by atoms with Gasteiger partial charge < -0.3 is 0 Å². The summed E-state index contributed by atoms with van der Waals surface area (Å²) in [5, 5.41) is 0.448. The van der Waals surface area contributed by atoms with Crippen LogP contribution in [0.25, 0.3) is 0 Å². The zero-order valence-electron chi connectivity index (χ0n) is 10.0. The van der Waals surface area contributed by atoms with E-state index in [2.05, 4.69) is 13.8 Å². The average molecular weight is 219 g/mol. The largest absolute Gasteiger partial charge is 0.123 e. The Kier molecular flexibility index (Phi) is 11.6. The zero-order chi connectivity index (χ0) is 10.6. The predicted octanol–water partition coefficient (Wildman–Crippen LogP) is 5.53. The molecule has 0 aliphatic carbocycles. The highest BCUT2D eigenvalue weighted by molar-refractivity contribution is 6.20. The van der Waals surface area contributed by atoms with Crippen molar-refractivity contribution >= 4 is 11.6 Å². The third-order valence-electron chi connectivity index (χ3n) is 2.74. The molecule has 0 spiro atoms. The van der Waals surface area contributed by atoms with Crippen LogP contribution < -0.4 is 0 Å². The number of hydrogen-bond acceptors (Lipinski definition) is 0. The molecule has 0 amide bonds. The van der Waals surface area contributed by atoms with Gasteiger partial charge in [0.1, 0.15) is 0 Å². The normalized spacial score (nSPS) is 11.1. The maximum absolute atomic E-state index is 6.24. The van der Waals surface area contributed by atoms with Gasteiger partial charge in [-0.15, -0.1) is 11.6 Å². The zero-order valence-corrected chi connectivity index (χ0v) is 10.8. The third kappa shape index (κ3) is 10.4. The second-order valence-corrected chi connectivity index (χ2v) is 4.91. The minimum Gasteiger partial charge on any atom is -0.123 e. The summed E-state index contributed by atoms with van der Waals surface area (Å²) in [6, 6.07) is 0. The SMILES string of the molecule is CCCCCCC(Cl)CCCCCC. The molecule has 86 valence electrons. The summed E-state index contributed by atoms with van der Waals surface area (Å²) in [4.78, 5) is 0. The van der Waals surface area contributed by atoms with Gasteiger partial charge in [0.15, 0.2) is 0 Å². The molecule has 0 fully saturated rings. The Morgan fingerprint density at radius 1 is 0.714 bits per heavy atom. The summed E-state index contributed by atoms with van der Waals surface area (Å²) < 4.78 is 0. The van der Waals surface area contributed by atoms with Crippen LogP contribution in [-0.4, -0.2) is 5.38 Å². The van der Waals surface area contributed by atoms with Crippen LogP contribution in [0.5, 0.6) is 0 Å². The molecule has 0 unspecified atom stereocenters. The van der Waals surface area contributed by atoms with Gasteiger partial charge >= 0.3 is 0 Å². The van der Waals surface area contributed by atoms with Crippen LogP contribution >= 0.6 is 11.6 Å². The second-order valence-electron chi connectivity index (χ2n) is 4.30. The summed E-state index contributed by atoms with van der Waals surface area (Å²) in [7, 11) is 0. The highest BCUT2D eigenvalue weighted by atomic mass is 35.5. The first kappa shape index (κ1) is 14.3. The lowest BCUT2D eigenvalue weighted by Crippen LogP contribution is -1.98. The molecule has 0 aliphatic rings. The molecular formula is C13H27Cl. The summed E-state index contributed by atoms with van der Waals surface area (Å²) in [5.41, 5.74) is 0.